The highest BCUT2D eigenvalue weighted by molar-refractivity contribution is 6.04. The Morgan fingerprint density at radius 1 is 1.15 bits per heavy atom. The zero-order valence-corrected chi connectivity index (χ0v) is 11.6. The number of rotatable bonds is 7. The molecule has 0 unspecified atom stereocenters. The van der Waals surface area contributed by atoms with Crippen molar-refractivity contribution >= 4 is 11.6 Å². The second kappa shape index (κ2) is 7.65. The van der Waals surface area contributed by atoms with Gasteiger partial charge in [0.25, 0.3) is 0 Å². The standard InChI is InChI=1S/C15H21N3O2/c16-10-2-1-3-11-20-13-6-4-12(5-7-13)14-8-9-15(19)18-17-14/h4-7H,1-3,8-11,16H2,(H,18,19). The maximum absolute atomic E-state index is 11.0. The Bertz CT molecular complexity index is 469. The number of unbranched alkanes of at least 4 members (excludes halogenated alkanes) is 2. The van der Waals surface area contributed by atoms with Crippen molar-refractivity contribution < 1.29 is 9.53 Å². The highest BCUT2D eigenvalue weighted by Gasteiger charge is 2.12. The molecule has 0 atom stereocenters. The Hall–Kier alpha value is -1.88. The van der Waals surface area contributed by atoms with Crippen molar-refractivity contribution in [3.05, 3.63) is 29.8 Å². The van der Waals surface area contributed by atoms with Gasteiger partial charge >= 0.3 is 0 Å². The minimum atomic E-state index is -0.0221. The summed E-state index contributed by atoms with van der Waals surface area (Å²) in [5, 5.41) is 4.07. The van der Waals surface area contributed by atoms with Gasteiger partial charge in [-0.1, -0.05) is 0 Å². The van der Waals surface area contributed by atoms with E-state index in [1.165, 1.54) is 0 Å². The molecule has 20 heavy (non-hydrogen) atoms. The largest absolute Gasteiger partial charge is 0.494 e. The van der Waals surface area contributed by atoms with Crippen molar-refractivity contribution in [2.75, 3.05) is 13.2 Å². The Morgan fingerprint density at radius 2 is 1.95 bits per heavy atom. The van der Waals surface area contributed by atoms with Crippen LogP contribution in [0.15, 0.2) is 29.4 Å². The predicted octanol–water partition coefficient (Wildman–Crippen LogP) is 1.81. The van der Waals surface area contributed by atoms with Crippen molar-refractivity contribution in [3.8, 4) is 5.75 Å². The van der Waals surface area contributed by atoms with Gasteiger partial charge in [-0.05, 0) is 55.6 Å². The highest BCUT2D eigenvalue weighted by atomic mass is 16.5. The van der Waals surface area contributed by atoms with Gasteiger partial charge < -0.3 is 10.5 Å². The van der Waals surface area contributed by atoms with E-state index in [2.05, 4.69) is 10.5 Å². The van der Waals surface area contributed by atoms with Crippen molar-refractivity contribution in [2.24, 2.45) is 10.8 Å². The third kappa shape index (κ3) is 4.35. The van der Waals surface area contributed by atoms with Gasteiger partial charge in [-0.15, -0.1) is 0 Å². The lowest BCUT2D eigenvalue weighted by molar-refractivity contribution is -0.121. The summed E-state index contributed by atoms with van der Waals surface area (Å²) in [7, 11) is 0. The van der Waals surface area contributed by atoms with Gasteiger partial charge in [0.1, 0.15) is 5.75 Å². The molecule has 0 saturated carbocycles. The van der Waals surface area contributed by atoms with Crippen molar-refractivity contribution in [2.45, 2.75) is 32.1 Å². The van der Waals surface area contributed by atoms with E-state index in [9.17, 15) is 4.79 Å². The van der Waals surface area contributed by atoms with Gasteiger partial charge in [0.15, 0.2) is 0 Å². The summed E-state index contributed by atoms with van der Waals surface area (Å²) in [6, 6.07) is 7.84. The van der Waals surface area contributed by atoms with Gasteiger partial charge in [-0.2, -0.15) is 5.10 Å². The smallest absolute Gasteiger partial charge is 0.240 e. The summed E-state index contributed by atoms with van der Waals surface area (Å²) in [4.78, 5) is 11.0. The van der Waals surface area contributed by atoms with Crippen molar-refractivity contribution in [1.29, 1.82) is 0 Å². The Labute approximate surface area is 119 Å². The fourth-order valence-corrected chi connectivity index (χ4v) is 2.04. The maximum Gasteiger partial charge on any atom is 0.240 e. The van der Waals surface area contributed by atoms with Crippen LogP contribution < -0.4 is 15.9 Å². The van der Waals surface area contributed by atoms with Gasteiger partial charge in [-0.3, -0.25) is 4.79 Å². The molecule has 5 nitrogen and oxygen atoms in total. The molecule has 108 valence electrons. The van der Waals surface area contributed by atoms with Gasteiger partial charge in [0.2, 0.25) is 5.91 Å². The average molecular weight is 275 g/mol. The average Bonchev–Trinajstić information content (AvgIpc) is 2.49. The van der Waals surface area contributed by atoms with Gasteiger partial charge in [-0.25, -0.2) is 5.43 Å². The lowest BCUT2D eigenvalue weighted by Crippen LogP contribution is -2.25. The van der Waals surface area contributed by atoms with Gasteiger partial charge in [0.05, 0.1) is 12.3 Å². The van der Waals surface area contributed by atoms with E-state index >= 15 is 0 Å². The second-order valence-corrected chi connectivity index (χ2v) is 4.82. The van der Waals surface area contributed by atoms with Gasteiger partial charge in [0, 0.05) is 12.8 Å². The number of nitrogens with one attached hydrogen (secondary N) is 1. The van der Waals surface area contributed by atoms with Crippen LogP contribution in [-0.2, 0) is 4.79 Å². The van der Waals surface area contributed by atoms with E-state index < -0.39 is 0 Å². The first kappa shape index (κ1) is 14.5. The van der Waals surface area contributed by atoms with E-state index in [0.717, 1.165) is 49.4 Å². The Kier molecular flexibility index (Phi) is 5.55. The van der Waals surface area contributed by atoms with Crippen LogP contribution in [0.5, 0.6) is 5.75 Å². The molecular formula is C15H21N3O2. The molecule has 0 bridgehead atoms. The number of carbonyl (C=O) groups excluding carboxylic acids is 1. The normalized spacial score (nSPS) is 14.7. The number of benzene rings is 1. The molecule has 0 saturated heterocycles. The molecule has 0 fully saturated rings. The number of amides is 1. The summed E-state index contributed by atoms with van der Waals surface area (Å²) in [6.45, 7) is 1.46. The highest BCUT2D eigenvalue weighted by Crippen LogP contribution is 2.16. The third-order valence-electron chi connectivity index (χ3n) is 3.21. The molecule has 3 N–H and O–H groups in total. The van der Waals surface area contributed by atoms with Crippen molar-refractivity contribution in [3.63, 3.8) is 0 Å². The summed E-state index contributed by atoms with van der Waals surface area (Å²) >= 11 is 0. The third-order valence-corrected chi connectivity index (χ3v) is 3.21. The molecule has 1 aromatic rings. The molecule has 1 aliphatic rings. The van der Waals surface area contributed by atoms with Crippen LogP contribution in [0.3, 0.4) is 0 Å². The quantitative estimate of drug-likeness (QED) is 0.745. The number of nitrogens with zero attached hydrogens (tertiary/aromatic N) is 1. The van der Waals surface area contributed by atoms with Crippen LogP contribution in [0.2, 0.25) is 0 Å². The first-order chi connectivity index (χ1) is 9.79. The minimum Gasteiger partial charge on any atom is -0.494 e. The predicted molar refractivity (Wildman–Crippen MR) is 78.8 cm³/mol. The van der Waals surface area contributed by atoms with E-state index in [1.54, 1.807) is 0 Å². The molecule has 1 amide bonds. The molecule has 0 spiro atoms. The monoisotopic (exact) mass is 275 g/mol. The topological polar surface area (TPSA) is 76.7 Å². The Balaban J connectivity index is 1.82. The second-order valence-electron chi connectivity index (χ2n) is 4.82. The number of carbonyl (C=O) groups is 1. The molecule has 1 aliphatic heterocycles. The molecular weight excluding hydrogens is 254 g/mol. The first-order valence-electron chi connectivity index (χ1n) is 7.08. The van der Waals surface area contributed by atoms with Crippen LogP contribution in [-0.4, -0.2) is 24.8 Å². The van der Waals surface area contributed by atoms with E-state index in [1.807, 2.05) is 24.3 Å². The van der Waals surface area contributed by atoms with E-state index in [4.69, 9.17) is 10.5 Å². The summed E-state index contributed by atoms with van der Waals surface area (Å²) in [5.41, 5.74) is 9.89. The number of nitrogens with two attached hydrogens (primary N) is 1. The van der Waals surface area contributed by atoms with E-state index in [-0.39, 0.29) is 5.91 Å². The number of ether oxygens (including phenoxy) is 1. The number of hydrogen-bond acceptors (Lipinski definition) is 4. The molecule has 1 aromatic carbocycles. The first-order valence-corrected chi connectivity index (χ1v) is 7.08. The minimum absolute atomic E-state index is 0.0221. The molecule has 0 radical (unpaired) electrons. The van der Waals surface area contributed by atoms with Crippen LogP contribution in [0, 0.1) is 0 Å². The molecule has 5 heteroatoms. The fraction of sp³-hybridized carbons (Fsp3) is 0.467. The summed E-state index contributed by atoms with van der Waals surface area (Å²) < 4.78 is 5.66. The number of hydrogen-bond donors (Lipinski definition) is 2. The van der Waals surface area contributed by atoms with E-state index in [0.29, 0.717) is 12.8 Å². The molecule has 0 aromatic heterocycles. The summed E-state index contributed by atoms with van der Waals surface area (Å²) in [6.07, 6.45) is 4.36. The lowest BCUT2D eigenvalue weighted by atomic mass is 10.0. The van der Waals surface area contributed by atoms with Crippen LogP contribution in [0.1, 0.15) is 37.7 Å². The Morgan fingerprint density at radius 3 is 2.60 bits per heavy atom. The van der Waals surface area contributed by atoms with Crippen LogP contribution in [0.4, 0.5) is 0 Å². The molecule has 2 rings (SSSR count). The van der Waals surface area contributed by atoms with Crippen molar-refractivity contribution in [1.82, 2.24) is 5.43 Å². The molecule has 1 heterocycles. The molecule has 0 aliphatic carbocycles. The maximum atomic E-state index is 11.0. The fourth-order valence-electron chi connectivity index (χ4n) is 2.04. The summed E-state index contributed by atoms with van der Waals surface area (Å²) in [5.74, 6) is 0.841. The zero-order chi connectivity index (χ0) is 14.2. The number of hydrazone groups is 1. The lowest BCUT2D eigenvalue weighted by Gasteiger charge is -2.12. The van der Waals surface area contributed by atoms with Crippen LogP contribution >= 0.6 is 0 Å². The van der Waals surface area contributed by atoms with Crippen LogP contribution in [0.25, 0.3) is 0 Å². The zero-order valence-electron chi connectivity index (χ0n) is 11.6. The SMILES string of the molecule is NCCCCCOc1ccc(C2=NNC(=O)CC2)cc1.